The molecule has 1 atom stereocenters. The van der Waals surface area contributed by atoms with E-state index in [1.54, 1.807) is 30.3 Å². The zero-order valence-corrected chi connectivity index (χ0v) is 19.8. The molecule has 0 bridgehead atoms. The van der Waals surface area contributed by atoms with Gasteiger partial charge in [-0.3, -0.25) is 0 Å². The van der Waals surface area contributed by atoms with Crippen LogP contribution in [0, 0.1) is 11.6 Å². The molecule has 0 saturated carbocycles. The molecule has 0 aliphatic heterocycles. The van der Waals surface area contributed by atoms with Crippen molar-refractivity contribution in [2.24, 2.45) is 0 Å². The summed E-state index contributed by atoms with van der Waals surface area (Å²) >= 11 is 0. The number of halogens is 8. The highest BCUT2D eigenvalue weighted by Crippen LogP contribution is 2.39. The van der Waals surface area contributed by atoms with E-state index in [1.807, 2.05) is 5.32 Å². The van der Waals surface area contributed by atoms with Gasteiger partial charge < -0.3 is 15.4 Å². The average Bonchev–Trinajstić information content (AvgIpc) is 2.82. The first kappa shape index (κ1) is 28.7. The van der Waals surface area contributed by atoms with Crippen LogP contribution in [0.1, 0.15) is 28.7 Å². The number of alkyl halides is 6. The lowest BCUT2D eigenvalue weighted by atomic mass is 9.77. The standard InChI is InChI=1S/C26H22F8N2O2/c1-38-22-14-17(7-8-21(22)28)24(15-16-5-3-2-4-6-16,36-23(37)35-10-9-25(29,30)31)18-11-19(26(32,33)34)13-20(27)12-18/h2-8,11-14H,9-10,15H2,1H3,(H2,35,36,37)/t24-/m1/s1. The maximum Gasteiger partial charge on any atom is 0.416 e. The molecule has 0 saturated heterocycles. The Balaban J connectivity index is 2.25. The van der Waals surface area contributed by atoms with Crippen molar-refractivity contribution < 1.29 is 44.7 Å². The second-order valence-electron chi connectivity index (χ2n) is 8.39. The molecule has 38 heavy (non-hydrogen) atoms. The van der Waals surface area contributed by atoms with E-state index in [2.05, 4.69) is 5.32 Å². The van der Waals surface area contributed by atoms with Gasteiger partial charge >= 0.3 is 18.4 Å². The van der Waals surface area contributed by atoms with Gasteiger partial charge in [0, 0.05) is 13.0 Å². The van der Waals surface area contributed by atoms with Gasteiger partial charge in [0.2, 0.25) is 0 Å². The number of hydrogen-bond donors (Lipinski definition) is 2. The SMILES string of the molecule is COc1cc([C@@](Cc2ccccc2)(NC(=O)NCCC(F)(F)F)c2cc(F)cc(C(F)(F)F)c2)ccc1F. The molecule has 12 heteroatoms. The largest absolute Gasteiger partial charge is 0.494 e. The molecular weight excluding hydrogens is 524 g/mol. The lowest BCUT2D eigenvalue weighted by Crippen LogP contribution is -2.52. The van der Waals surface area contributed by atoms with Gasteiger partial charge in [-0.05, 0) is 47.0 Å². The van der Waals surface area contributed by atoms with Crippen LogP contribution in [-0.2, 0) is 18.1 Å². The molecule has 3 aromatic carbocycles. The van der Waals surface area contributed by atoms with E-state index in [9.17, 15) is 39.9 Å². The minimum atomic E-state index is -4.97. The number of amides is 2. The van der Waals surface area contributed by atoms with E-state index in [-0.39, 0.29) is 29.4 Å². The summed E-state index contributed by atoms with van der Waals surface area (Å²) in [4.78, 5) is 12.9. The Morgan fingerprint density at radius 2 is 1.50 bits per heavy atom. The summed E-state index contributed by atoms with van der Waals surface area (Å²) in [7, 11) is 1.14. The Kier molecular flexibility index (Phi) is 8.53. The molecule has 0 aromatic heterocycles. The quantitative estimate of drug-likeness (QED) is 0.308. The molecule has 0 unspecified atom stereocenters. The molecule has 3 aromatic rings. The second kappa shape index (κ2) is 11.3. The summed E-state index contributed by atoms with van der Waals surface area (Å²) in [6.45, 7) is -0.833. The van der Waals surface area contributed by atoms with Crippen molar-refractivity contribution in [1.29, 1.82) is 0 Å². The van der Waals surface area contributed by atoms with Crippen LogP contribution in [-0.4, -0.2) is 25.9 Å². The van der Waals surface area contributed by atoms with Gasteiger partial charge in [0.15, 0.2) is 11.6 Å². The lowest BCUT2D eigenvalue weighted by Gasteiger charge is -2.37. The van der Waals surface area contributed by atoms with Crippen LogP contribution in [0.2, 0.25) is 0 Å². The molecule has 3 rings (SSSR count). The molecular formula is C26H22F8N2O2. The molecule has 0 fully saturated rings. The van der Waals surface area contributed by atoms with Crippen LogP contribution < -0.4 is 15.4 Å². The molecule has 2 N–H and O–H groups in total. The number of rotatable bonds is 8. The highest BCUT2D eigenvalue weighted by atomic mass is 19.4. The Morgan fingerprint density at radius 3 is 2.11 bits per heavy atom. The van der Waals surface area contributed by atoms with Gasteiger partial charge in [-0.1, -0.05) is 36.4 Å². The Labute approximate surface area is 212 Å². The monoisotopic (exact) mass is 546 g/mol. The number of ether oxygens (including phenoxy) is 1. The Bertz CT molecular complexity index is 1260. The molecule has 0 aliphatic rings. The van der Waals surface area contributed by atoms with E-state index >= 15 is 0 Å². The number of carbonyl (C=O) groups is 1. The van der Waals surface area contributed by atoms with E-state index in [0.29, 0.717) is 11.6 Å². The fourth-order valence-electron chi connectivity index (χ4n) is 3.94. The average molecular weight is 546 g/mol. The van der Waals surface area contributed by atoms with Crippen LogP contribution in [0.3, 0.4) is 0 Å². The van der Waals surface area contributed by atoms with E-state index in [1.165, 1.54) is 0 Å². The zero-order chi connectivity index (χ0) is 28.1. The smallest absolute Gasteiger partial charge is 0.416 e. The van der Waals surface area contributed by atoms with Crippen LogP contribution in [0.5, 0.6) is 5.75 Å². The van der Waals surface area contributed by atoms with Gasteiger partial charge in [0.25, 0.3) is 0 Å². The van der Waals surface area contributed by atoms with Crippen molar-refractivity contribution in [2.75, 3.05) is 13.7 Å². The molecule has 0 heterocycles. The predicted octanol–water partition coefficient (Wildman–Crippen LogP) is 6.73. The van der Waals surface area contributed by atoms with Gasteiger partial charge in [0.1, 0.15) is 5.82 Å². The third kappa shape index (κ3) is 7.14. The molecule has 204 valence electrons. The fraction of sp³-hybridized carbons (Fsp3) is 0.269. The van der Waals surface area contributed by atoms with Gasteiger partial charge in [-0.25, -0.2) is 13.6 Å². The van der Waals surface area contributed by atoms with Gasteiger partial charge in [-0.2, -0.15) is 26.3 Å². The number of urea groups is 1. The van der Waals surface area contributed by atoms with E-state index in [4.69, 9.17) is 4.74 Å². The van der Waals surface area contributed by atoms with Gasteiger partial charge in [0.05, 0.1) is 24.6 Å². The lowest BCUT2D eigenvalue weighted by molar-refractivity contribution is -0.138. The Hall–Kier alpha value is -3.83. The highest BCUT2D eigenvalue weighted by molar-refractivity contribution is 5.76. The van der Waals surface area contributed by atoms with Crippen LogP contribution in [0.25, 0.3) is 0 Å². The van der Waals surface area contributed by atoms with Crippen molar-refractivity contribution in [3.63, 3.8) is 0 Å². The number of carbonyl (C=O) groups excluding carboxylic acids is 1. The van der Waals surface area contributed by atoms with Crippen LogP contribution >= 0.6 is 0 Å². The van der Waals surface area contributed by atoms with Crippen LogP contribution in [0.15, 0.2) is 66.7 Å². The minimum absolute atomic E-state index is 0.00991. The number of hydrogen-bond acceptors (Lipinski definition) is 2. The normalized spacial score (nSPS) is 13.5. The fourth-order valence-corrected chi connectivity index (χ4v) is 3.94. The third-order valence-corrected chi connectivity index (χ3v) is 5.69. The third-order valence-electron chi connectivity index (χ3n) is 5.69. The van der Waals surface area contributed by atoms with E-state index in [0.717, 1.165) is 31.4 Å². The first-order valence-corrected chi connectivity index (χ1v) is 11.1. The molecule has 2 amide bonds. The summed E-state index contributed by atoms with van der Waals surface area (Å²) in [5, 5.41) is 4.47. The first-order chi connectivity index (χ1) is 17.7. The maximum absolute atomic E-state index is 14.6. The molecule has 0 spiro atoms. The maximum atomic E-state index is 14.6. The number of methoxy groups -OCH3 is 1. The van der Waals surface area contributed by atoms with Crippen molar-refractivity contribution in [2.45, 2.75) is 30.7 Å². The molecule has 0 aliphatic carbocycles. The predicted molar refractivity (Wildman–Crippen MR) is 122 cm³/mol. The summed E-state index contributed by atoms with van der Waals surface area (Å²) in [5.74, 6) is -2.43. The summed E-state index contributed by atoms with van der Waals surface area (Å²) in [6, 6.07) is 11.8. The molecule has 4 nitrogen and oxygen atoms in total. The van der Waals surface area contributed by atoms with Gasteiger partial charge in [-0.15, -0.1) is 0 Å². The zero-order valence-electron chi connectivity index (χ0n) is 19.8. The van der Waals surface area contributed by atoms with Crippen LogP contribution in [0.4, 0.5) is 39.9 Å². The summed E-state index contributed by atoms with van der Waals surface area (Å²) < 4.78 is 113. The van der Waals surface area contributed by atoms with E-state index < -0.39 is 54.1 Å². The Morgan fingerprint density at radius 1 is 0.842 bits per heavy atom. The highest BCUT2D eigenvalue weighted by Gasteiger charge is 2.40. The number of nitrogens with one attached hydrogen (secondary N) is 2. The summed E-state index contributed by atoms with van der Waals surface area (Å²) in [5.41, 5.74) is -3.30. The molecule has 0 radical (unpaired) electrons. The topological polar surface area (TPSA) is 50.4 Å². The second-order valence-corrected chi connectivity index (χ2v) is 8.39. The van der Waals surface area contributed by atoms with Crippen molar-refractivity contribution in [3.05, 3.63) is 101 Å². The summed E-state index contributed by atoms with van der Waals surface area (Å²) in [6.07, 6.45) is -11.2. The van der Waals surface area contributed by atoms with Crippen molar-refractivity contribution in [1.82, 2.24) is 10.6 Å². The number of benzene rings is 3. The minimum Gasteiger partial charge on any atom is -0.494 e. The first-order valence-electron chi connectivity index (χ1n) is 11.1. The van der Waals surface area contributed by atoms with Crippen molar-refractivity contribution >= 4 is 6.03 Å². The van der Waals surface area contributed by atoms with Crippen molar-refractivity contribution in [3.8, 4) is 5.75 Å².